The first-order valence-electron chi connectivity index (χ1n) is 23.4. The standard InChI is InChI=1S/C48H59N10O8P.CH4O/c1-31(2)57(32(3)4)67(64-24-12-22-49)66-46-28-47(65-35(46)7)56-29-37(48(61)50-36(56)8)13-10-14-41(60)15-11-23-55(9)40-19-17-39(18-20-40)51-54-44-26-34(6)43(27-38(44)30-59)53-52-42-21-16-33(5)25-45(42)58(62)63;1-2/h16-21,25-27,29,31-32,35,46-47,59H,8,11-12,14-15,23-24,28,30H2,1-7,9H3,(H,50,61);2H,1H3/i7D;2T. The fourth-order valence-electron chi connectivity index (χ4n) is 7.16. The molecule has 0 aromatic heterocycles. The number of aryl methyl sites for hydroxylation is 2. The van der Waals surface area contributed by atoms with Crippen molar-refractivity contribution in [3.8, 4) is 17.9 Å². The van der Waals surface area contributed by atoms with Crippen molar-refractivity contribution in [2.75, 3.05) is 32.2 Å². The van der Waals surface area contributed by atoms with Crippen LogP contribution < -0.4 is 10.2 Å². The molecule has 69 heavy (non-hydrogen) atoms. The number of nitro groups is 1. The number of nitriles is 1. The summed E-state index contributed by atoms with van der Waals surface area (Å²) in [5, 5.41) is 53.9. The Hall–Kier alpha value is -6.28. The summed E-state index contributed by atoms with van der Waals surface area (Å²) >= 11 is 0. The van der Waals surface area contributed by atoms with Crippen LogP contribution in [-0.2, 0) is 30.0 Å². The zero-order valence-corrected chi connectivity index (χ0v) is 41.3. The number of nitrogens with zero attached hydrogens (tertiary/aromatic N) is 9. The van der Waals surface area contributed by atoms with Gasteiger partial charge in [-0.25, -0.2) is 4.67 Å². The Morgan fingerprint density at radius 3 is 2.48 bits per heavy atom. The number of carbonyl (C=O) groups excluding carboxylic acids is 2. The Morgan fingerprint density at radius 2 is 1.83 bits per heavy atom. The van der Waals surface area contributed by atoms with Crippen LogP contribution in [-0.4, -0.2) is 95.7 Å². The molecule has 0 saturated carbocycles. The third kappa shape index (κ3) is 15.9. The summed E-state index contributed by atoms with van der Waals surface area (Å²) in [6.45, 7) is 16.2. The van der Waals surface area contributed by atoms with Crippen LogP contribution in [0.15, 0.2) is 99.2 Å². The van der Waals surface area contributed by atoms with Crippen molar-refractivity contribution in [3.63, 3.8) is 0 Å². The summed E-state index contributed by atoms with van der Waals surface area (Å²) in [5.74, 6) is 5.49. The van der Waals surface area contributed by atoms with Crippen molar-refractivity contribution in [2.45, 2.75) is 118 Å². The van der Waals surface area contributed by atoms with Gasteiger partial charge in [0.2, 0.25) is 1.43 Å². The molecule has 0 aliphatic carbocycles. The number of carbonyl (C=O) groups is 2. The minimum atomic E-state index is -1.57. The summed E-state index contributed by atoms with van der Waals surface area (Å²) in [7, 11) is 1.65. The molecule has 2 heterocycles. The van der Waals surface area contributed by atoms with Crippen molar-refractivity contribution >= 4 is 54.3 Å². The van der Waals surface area contributed by atoms with Gasteiger partial charge < -0.3 is 39.1 Å². The van der Waals surface area contributed by atoms with Gasteiger partial charge in [-0.15, -0.1) is 5.11 Å². The molecule has 0 spiro atoms. The molecular weight excluding hydrogens is 904 g/mol. The van der Waals surface area contributed by atoms with Gasteiger partial charge >= 0.3 is 0 Å². The van der Waals surface area contributed by atoms with Gasteiger partial charge in [-0.05, 0) is 108 Å². The van der Waals surface area contributed by atoms with E-state index in [4.69, 9.17) is 21.8 Å². The van der Waals surface area contributed by atoms with Crippen molar-refractivity contribution in [1.82, 2.24) is 14.9 Å². The number of Topliss-reactive ketones (excluding diaryl/α,β-unsaturated/α-hetero) is 1. The zero-order valence-electron chi connectivity index (χ0n) is 42.4. The molecule has 5 rings (SSSR count). The molecule has 4 unspecified atom stereocenters. The van der Waals surface area contributed by atoms with E-state index in [-0.39, 0.29) is 74.2 Å². The molecule has 1 fully saturated rings. The highest BCUT2D eigenvalue weighted by atomic mass is 31.2. The Kier molecular flexibility index (Phi) is 20.4. The summed E-state index contributed by atoms with van der Waals surface area (Å²) in [5.41, 5.74) is 4.35. The van der Waals surface area contributed by atoms with E-state index in [2.05, 4.69) is 60.0 Å². The third-order valence-corrected chi connectivity index (χ3v) is 12.8. The van der Waals surface area contributed by atoms with Crippen molar-refractivity contribution < 1.29 is 39.9 Å². The number of hydrogen-bond donors (Lipinski definition) is 3. The van der Waals surface area contributed by atoms with E-state index < -0.39 is 37.8 Å². The number of rotatable bonds is 21. The van der Waals surface area contributed by atoms with Crippen LogP contribution in [0.2, 0.25) is 0 Å². The molecule has 3 N–H and O–H groups in total. The molecule has 0 bridgehead atoms. The van der Waals surface area contributed by atoms with Crippen LogP contribution >= 0.6 is 8.53 Å². The van der Waals surface area contributed by atoms with Gasteiger partial charge in [-0.2, -0.15) is 20.6 Å². The Morgan fingerprint density at radius 1 is 1.13 bits per heavy atom. The van der Waals surface area contributed by atoms with Crippen molar-refractivity contribution in [3.05, 3.63) is 106 Å². The van der Waals surface area contributed by atoms with E-state index in [1.54, 1.807) is 43.1 Å². The predicted molar refractivity (Wildman–Crippen MR) is 264 cm³/mol. The minimum Gasteiger partial charge on any atom is -0.400 e. The highest BCUT2D eigenvalue weighted by molar-refractivity contribution is 7.44. The number of azo groups is 2. The SMILES string of the molecule is [2H]CC1OC(N2C=C(C#CCC(=O)CCCN(C)c3ccc(N=Nc4cc(C)c(N=Nc5ccc(C)cc5[N+](=O)[O-])cc4CO)cc3)C(=O)NC2=C)CC1OP(OCCC#N)N(C(C)C)C(C)C.[3H]OC. The molecule has 3 aromatic carbocycles. The van der Waals surface area contributed by atoms with Gasteiger partial charge in [0, 0.05) is 70.5 Å². The molecule has 0 radical (unpaired) electrons. The Balaban J connectivity index is 0.00000356. The van der Waals surface area contributed by atoms with Gasteiger partial charge in [0.25, 0.3) is 20.1 Å². The van der Waals surface area contributed by atoms with E-state index in [1.165, 1.54) is 19.2 Å². The van der Waals surface area contributed by atoms with Crippen molar-refractivity contribution in [2.24, 2.45) is 20.5 Å². The van der Waals surface area contributed by atoms with Gasteiger partial charge in [0.05, 0.1) is 66.3 Å². The normalized spacial score (nSPS) is 17.8. The summed E-state index contributed by atoms with van der Waals surface area (Å²) < 4.78 is 34.9. The number of aliphatic hydroxyl groups is 2. The second-order valence-electron chi connectivity index (χ2n) is 16.5. The topological polar surface area (TPSA) is 240 Å². The number of ether oxygens (including phenoxy) is 1. The number of ketones is 1. The monoisotopic (exact) mass is 969 g/mol. The average Bonchev–Trinajstić information content (AvgIpc) is 3.73. The lowest BCUT2D eigenvalue weighted by Gasteiger charge is -2.37. The van der Waals surface area contributed by atoms with Crippen LogP contribution in [0, 0.1) is 47.1 Å². The fourth-order valence-corrected chi connectivity index (χ4v) is 8.92. The molecule has 1 amide bonds. The Labute approximate surface area is 408 Å². The van der Waals surface area contributed by atoms with Crippen molar-refractivity contribution in [1.29, 1.82) is 6.69 Å². The van der Waals surface area contributed by atoms with E-state index in [9.17, 15) is 24.8 Å². The van der Waals surface area contributed by atoms with Crippen LogP contribution in [0.4, 0.5) is 34.1 Å². The van der Waals surface area contributed by atoms with Gasteiger partial charge in [-0.1, -0.05) is 24.5 Å². The van der Waals surface area contributed by atoms with E-state index in [1.807, 2.05) is 63.9 Å². The molecule has 368 valence electrons. The van der Waals surface area contributed by atoms with E-state index in [0.29, 0.717) is 53.4 Å². The highest BCUT2D eigenvalue weighted by Crippen LogP contribution is 2.49. The quantitative estimate of drug-likeness (QED) is 0.0225. The molecule has 2 aliphatic rings. The maximum absolute atomic E-state index is 12.9. The lowest BCUT2D eigenvalue weighted by Crippen LogP contribution is -2.42. The average molecular weight is 970 g/mol. The Bertz CT molecular complexity index is 2520. The van der Waals surface area contributed by atoms with Crippen LogP contribution in [0.3, 0.4) is 0 Å². The molecule has 20 heteroatoms. The number of nitrogens with one attached hydrogen (secondary N) is 1. The zero-order chi connectivity index (χ0) is 52.2. The lowest BCUT2D eigenvalue weighted by molar-refractivity contribution is -0.384. The minimum absolute atomic E-state index is 0.0359. The van der Waals surface area contributed by atoms with Gasteiger partial charge in [-0.3, -0.25) is 19.7 Å². The predicted octanol–water partition coefficient (Wildman–Crippen LogP) is 9.91. The second-order valence-corrected chi connectivity index (χ2v) is 17.9. The molecular formula is C49H63N10O9P. The lowest BCUT2D eigenvalue weighted by atomic mass is 10.1. The smallest absolute Gasteiger partial charge is 0.296 e. The molecule has 19 nitrogen and oxygen atoms in total. The molecule has 2 aliphatic heterocycles. The second kappa shape index (κ2) is 27.0. The van der Waals surface area contributed by atoms with E-state index >= 15 is 0 Å². The third-order valence-electron chi connectivity index (χ3n) is 10.6. The number of nitro benzene ring substituents is 1. The number of anilines is 1. The summed E-state index contributed by atoms with van der Waals surface area (Å²) in [4.78, 5) is 40.4. The molecule has 4 atom stereocenters. The van der Waals surface area contributed by atoms with E-state index in [0.717, 1.165) is 11.3 Å². The fraction of sp³-hybridized carbons (Fsp3) is 0.449. The number of amides is 1. The van der Waals surface area contributed by atoms with Crippen LogP contribution in [0.25, 0.3) is 0 Å². The van der Waals surface area contributed by atoms with Crippen LogP contribution in [0.5, 0.6) is 0 Å². The van der Waals surface area contributed by atoms with Gasteiger partial charge in [0.15, 0.2) is 5.69 Å². The maximum Gasteiger partial charge on any atom is 0.296 e. The first kappa shape index (κ1) is 52.1. The largest absolute Gasteiger partial charge is 0.400 e. The maximum atomic E-state index is 12.9. The van der Waals surface area contributed by atoms with Crippen LogP contribution in [0.1, 0.15) is 84.8 Å². The first-order chi connectivity index (χ1) is 33.9. The number of benzene rings is 3. The highest BCUT2D eigenvalue weighted by Gasteiger charge is 2.41. The summed E-state index contributed by atoms with van der Waals surface area (Å²) in [6.07, 6.45) is 1.28. The summed E-state index contributed by atoms with van der Waals surface area (Å²) in [6, 6.07) is 17.7. The first-order valence-corrected chi connectivity index (χ1v) is 23.4. The number of aliphatic hydroxyl groups excluding tert-OH is 2. The molecule has 3 aromatic rings. The van der Waals surface area contributed by atoms with Gasteiger partial charge in [0.1, 0.15) is 23.4 Å². The number of hydrogen-bond acceptors (Lipinski definition) is 17. The molecule has 1 saturated heterocycles.